The molecule has 5 nitrogen and oxygen atoms in total. The first kappa shape index (κ1) is 22.0. The number of sulfone groups is 1. The minimum atomic E-state index is -2.97. The third-order valence-corrected chi connectivity index (χ3v) is 8.27. The topological polar surface area (TPSA) is 80.5 Å². The van der Waals surface area contributed by atoms with Gasteiger partial charge in [0.05, 0.1) is 11.5 Å². The number of allylic oxidation sites excluding steroid dienone is 2. The number of amides is 1. The van der Waals surface area contributed by atoms with Gasteiger partial charge in [0, 0.05) is 17.5 Å². The normalized spacial score (nSPS) is 22.9. The van der Waals surface area contributed by atoms with Crippen molar-refractivity contribution >= 4 is 21.3 Å². The minimum absolute atomic E-state index is 0.213. The van der Waals surface area contributed by atoms with E-state index in [1.54, 1.807) is 0 Å². The zero-order valence-corrected chi connectivity index (χ0v) is 18.9. The number of benzene rings is 1. The predicted octanol–water partition coefficient (Wildman–Crippen LogP) is 3.39. The Morgan fingerprint density at radius 3 is 2.31 bits per heavy atom. The van der Waals surface area contributed by atoms with Crippen LogP contribution in [0.2, 0.25) is 0 Å². The van der Waals surface area contributed by atoms with Crippen LogP contribution in [0.5, 0.6) is 0 Å². The molecule has 1 amide bonds. The largest absolute Gasteiger partial charge is 0.366 e. The zero-order chi connectivity index (χ0) is 21.4. The molecule has 0 unspecified atom stereocenters. The summed E-state index contributed by atoms with van der Waals surface area (Å²) in [5.74, 6) is 0.0140. The number of hydrogen-bond acceptors (Lipinski definition) is 4. The highest BCUT2D eigenvalue weighted by Gasteiger charge is 2.39. The fourth-order valence-corrected chi connectivity index (χ4v) is 6.36. The van der Waals surface area contributed by atoms with Gasteiger partial charge >= 0.3 is 0 Å². The summed E-state index contributed by atoms with van der Waals surface area (Å²) < 4.78 is 24.2. The number of nitrogens with zero attached hydrogens (tertiary/aromatic N) is 1. The first-order valence-electron chi connectivity index (χ1n) is 10.4. The van der Waals surface area contributed by atoms with Gasteiger partial charge in [-0.15, -0.1) is 0 Å². The molecule has 6 heteroatoms. The third kappa shape index (κ3) is 4.92. The second kappa shape index (κ2) is 7.88. The van der Waals surface area contributed by atoms with Gasteiger partial charge in [-0.05, 0) is 74.4 Å². The summed E-state index contributed by atoms with van der Waals surface area (Å²) in [7, 11) is 1.08. The minimum Gasteiger partial charge on any atom is -0.366 e. The molecule has 0 spiro atoms. The average Bonchev–Trinajstić information content (AvgIpc) is 2.63. The molecule has 1 fully saturated rings. The van der Waals surface area contributed by atoms with Crippen molar-refractivity contribution in [2.75, 3.05) is 32.1 Å². The Balaban J connectivity index is 2.07. The van der Waals surface area contributed by atoms with E-state index >= 15 is 0 Å². The molecule has 1 saturated heterocycles. The van der Waals surface area contributed by atoms with Crippen LogP contribution in [0.1, 0.15) is 67.4 Å². The molecule has 2 N–H and O–H groups in total. The lowest BCUT2D eigenvalue weighted by Crippen LogP contribution is -2.44. The maximum Gasteiger partial charge on any atom is 0.249 e. The molecule has 0 aromatic heterocycles. The number of carbonyl (C=O) groups excluding carboxylic acids is 1. The number of primary amides is 1. The highest BCUT2D eigenvalue weighted by molar-refractivity contribution is 7.91. The number of likely N-dealkylation sites (N-methyl/N-ethyl adjacent to an activating group) is 1. The fourth-order valence-electron chi connectivity index (χ4n) is 4.75. The molecule has 3 rings (SSSR count). The predicted molar refractivity (Wildman–Crippen MR) is 119 cm³/mol. The standard InChI is InChI=1S/C23H34N2O3S/c1-22(2)9-7-17(8-10-22)20-15-18(5-6-19(20)21(24)26)23(16-25(3)4)11-13-29(27,28)14-12-23/h5-7,15H,8-14,16H2,1-4H3,(H2,24,26). The summed E-state index contributed by atoms with van der Waals surface area (Å²) >= 11 is 0. The fraction of sp³-hybridized carbons (Fsp3) is 0.609. The summed E-state index contributed by atoms with van der Waals surface area (Å²) in [4.78, 5) is 14.3. The van der Waals surface area contributed by atoms with Crippen molar-refractivity contribution in [3.05, 3.63) is 41.0 Å². The monoisotopic (exact) mass is 418 g/mol. The Kier molecular flexibility index (Phi) is 5.98. The molecule has 1 aliphatic carbocycles. The maximum absolute atomic E-state index is 12.1. The highest BCUT2D eigenvalue weighted by Crippen LogP contribution is 2.42. The smallest absolute Gasteiger partial charge is 0.249 e. The second-order valence-corrected chi connectivity index (χ2v) is 12.2. The van der Waals surface area contributed by atoms with E-state index in [4.69, 9.17) is 5.73 Å². The Morgan fingerprint density at radius 2 is 1.79 bits per heavy atom. The summed E-state index contributed by atoms with van der Waals surface area (Å²) in [6, 6.07) is 5.94. The van der Waals surface area contributed by atoms with E-state index in [1.807, 2.05) is 26.2 Å². The van der Waals surface area contributed by atoms with Crippen molar-refractivity contribution in [1.82, 2.24) is 4.90 Å². The van der Waals surface area contributed by atoms with Crippen molar-refractivity contribution in [2.24, 2.45) is 11.1 Å². The number of hydrogen-bond donors (Lipinski definition) is 1. The van der Waals surface area contributed by atoms with Crippen LogP contribution >= 0.6 is 0 Å². The van der Waals surface area contributed by atoms with Gasteiger partial charge in [-0.3, -0.25) is 4.79 Å². The highest BCUT2D eigenvalue weighted by atomic mass is 32.2. The maximum atomic E-state index is 12.1. The summed E-state index contributed by atoms with van der Waals surface area (Å²) in [5.41, 5.74) is 9.53. The van der Waals surface area contributed by atoms with E-state index in [2.05, 4.69) is 30.9 Å². The summed E-state index contributed by atoms with van der Waals surface area (Å²) in [6.45, 7) is 5.31. The van der Waals surface area contributed by atoms with Gasteiger partial charge in [-0.1, -0.05) is 32.1 Å². The van der Waals surface area contributed by atoms with Crippen molar-refractivity contribution in [3.63, 3.8) is 0 Å². The van der Waals surface area contributed by atoms with Crippen LogP contribution in [-0.2, 0) is 15.3 Å². The molecule has 0 bridgehead atoms. The van der Waals surface area contributed by atoms with Gasteiger partial charge < -0.3 is 10.6 Å². The van der Waals surface area contributed by atoms with Crippen LogP contribution in [0.15, 0.2) is 24.3 Å². The lowest BCUT2D eigenvalue weighted by atomic mass is 9.72. The van der Waals surface area contributed by atoms with Crippen LogP contribution in [0, 0.1) is 5.41 Å². The van der Waals surface area contributed by atoms with Gasteiger partial charge in [-0.2, -0.15) is 0 Å². The Hall–Kier alpha value is -1.66. The molecule has 1 aromatic carbocycles. The van der Waals surface area contributed by atoms with E-state index in [-0.39, 0.29) is 22.3 Å². The van der Waals surface area contributed by atoms with Crippen LogP contribution in [0.25, 0.3) is 5.57 Å². The van der Waals surface area contributed by atoms with Crippen molar-refractivity contribution in [1.29, 1.82) is 0 Å². The molecule has 1 aliphatic heterocycles. The molecule has 1 aromatic rings. The zero-order valence-electron chi connectivity index (χ0n) is 18.1. The summed E-state index contributed by atoms with van der Waals surface area (Å²) in [5, 5.41) is 0. The van der Waals surface area contributed by atoms with E-state index in [0.717, 1.165) is 36.9 Å². The molecule has 29 heavy (non-hydrogen) atoms. The molecule has 0 saturated carbocycles. The van der Waals surface area contributed by atoms with Crippen LogP contribution in [0.4, 0.5) is 0 Å². The van der Waals surface area contributed by atoms with Gasteiger partial charge in [0.1, 0.15) is 9.84 Å². The van der Waals surface area contributed by atoms with E-state index in [0.29, 0.717) is 18.4 Å². The number of rotatable bonds is 5. The average molecular weight is 419 g/mol. The lowest BCUT2D eigenvalue weighted by Gasteiger charge is -2.40. The first-order valence-corrected chi connectivity index (χ1v) is 12.2. The molecule has 2 aliphatic rings. The Labute approximate surface area is 175 Å². The van der Waals surface area contributed by atoms with Crippen LogP contribution in [0.3, 0.4) is 0 Å². The lowest BCUT2D eigenvalue weighted by molar-refractivity contribution is 0.1000. The molecule has 0 atom stereocenters. The van der Waals surface area contributed by atoms with Crippen molar-refractivity contribution in [2.45, 2.75) is 51.4 Å². The number of carbonyl (C=O) groups is 1. The van der Waals surface area contributed by atoms with Crippen LogP contribution < -0.4 is 5.73 Å². The second-order valence-electron chi connectivity index (χ2n) is 9.89. The quantitative estimate of drug-likeness (QED) is 0.795. The van der Waals surface area contributed by atoms with E-state index in [1.165, 1.54) is 5.57 Å². The Morgan fingerprint density at radius 1 is 1.14 bits per heavy atom. The first-order chi connectivity index (χ1) is 13.4. The van der Waals surface area contributed by atoms with Gasteiger partial charge in [-0.25, -0.2) is 8.42 Å². The molecule has 160 valence electrons. The van der Waals surface area contributed by atoms with Crippen molar-refractivity contribution < 1.29 is 13.2 Å². The van der Waals surface area contributed by atoms with Gasteiger partial charge in [0.15, 0.2) is 0 Å². The van der Waals surface area contributed by atoms with Crippen LogP contribution in [-0.4, -0.2) is 51.4 Å². The van der Waals surface area contributed by atoms with Gasteiger partial charge in [0.25, 0.3) is 0 Å². The van der Waals surface area contributed by atoms with Crippen molar-refractivity contribution in [3.8, 4) is 0 Å². The molecule has 1 heterocycles. The number of nitrogens with two attached hydrogens (primary N) is 1. The van der Waals surface area contributed by atoms with E-state index < -0.39 is 15.7 Å². The van der Waals surface area contributed by atoms with E-state index in [9.17, 15) is 13.2 Å². The molecular formula is C23H34N2O3S. The molecular weight excluding hydrogens is 384 g/mol. The molecule has 0 radical (unpaired) electrons. The Bertz CT molecular complexity index is 915. The SMILES string of the molecule is CN(C)CC1(c2ccc(C(N)=O)c(C3=CCC(C)(C)CC3)c2)CCS(=O)(=O)CC1. The summed E-state index contributed by atoms with van der Waals surface area (Å²) in [6.07, 6.45) is 6.43. The van der Waals surface area contributed by atoms with Gasteiger partial charge in [0.2, 0.25) is 5.91 Å². The third-order valence-electron chi connectivity index (χ3n) is 6.62.